The van der Waals surface area contributed by atoms with Crippen molar-refractivity contribution in [2.45, 2.75) is 13.0 Å². The Balaban J connectivity index is 1.65. The van der Waals surface area contributed by atoms with E-state index in [1.54, 1.807) is 68.6 Å². The van der Waals surface area contributed by atoms with Crippen LogP contribution >= 0.6 is 11.6 Å². The average Bonchev–Trinajstić information content (AvgIpc) is 3.34. The van der Waals surface area contributed by atoms with Crippen LogP contribution < -0.4 is 15.0 Å². The molecule has 1 atom stereocenters. The Morgan fingerprint density at radius 3 is 2.57 bits per heavy atom. The number of rotatable bonds is 5. The molecule has 1 aliphatic rings. The molecule has 0 aliphatic carbocycles. The van der Waals surface area contributed by atoms with Gasteiger partial charge < -0.3 is 14.6 Å². The maximum absolute atomic E-state index is 14.1. The minimum absolute atomic E-state index is 0.199. The van der Waals surface area contributed by atoms with Gasteiger partial charge in [-0.25, -0.2) is 9.18 Å². The minimum atomic E-state index is -0.708. The number of carbonyl (C=O) groups is 1. The summed E-state index contributed by atoms with van der Waals surface area (Å²) in [7, 11) is 1.57. The van der Waals surface area contributed by atoms with Crippen molar-refractivity contribution < 1.29 is 18.4 Å². The summed E-state index contributed by atoms with van der Waals surface area (Å²) in [5.74, 6) is 0.782. The fraction of sp³-hybridized carbons (Fsp3) is 0.115. The van der Waals surface area contributed by atoms with Crippen molar-refractivity contribution in [2.75, 3.05) is 12.0 Å². The summed E-state index contributed by atoms with van der Waals surface area (Å²) in [6, 6.07) is 19.1. The predicted molar refractivity (Wildman–Crippen MR) is 130 cm³/mol. The van der Waals surface area contributed by atoms with Gasteiger partial charge in [-0.3, -0.25) is 4.90 Å². The van der Waals surface area contributed by atoms with Crippen LogP contribution in [0.4, 0.5) is 14.9 Å². The second kappa shape index (κ2) is 9.23. The molecule has 1 aliphatic heterocycles. The number of allylic oxidation sites excluding steroid dienone is 1. The summed E-state index contributed by atoms with van der Waals surface area (Å²) in [6.45, 7) is 1.79. The first-order valence-corrected chi connectivity index (χ1v) is 11.1. The summed E-state index contributed by atoms with van der Waals surface area (Å²) in [5.41, 5.74) is 2.95. The van der Waals surface area contributed by atoms with Crippen LogP contribution in [0.15, 0.2) is 83.0 Å². The average molecular weight is 491 g/mol. The third kappa shape index (κ3) is 4.36. The molecular weight excluding hydrogens is 471 g/mol. The lowest BCUT2D eigenvalue weighted by molar-refractivity contribution is 0.244. The highest BCUT2D eigenvalue weighted by Gasteiger charge is 2.36. The molecular formula is C26H20ClFN4O3. The Kier molecular flexibility index (Phi) is 5.96. The molecule has 0 fully saturated rings. The molecule has 7 nitrogen and oxygen atoms in total. The van der Waals surface area contributed by atoms with E-state index >= 15 is 0 Å². The van der Waals surface area contributed by atoms with E-state index in [-0.39, 0.29) is 11.9 Å². The Morgan fingerprint density at radius 2 is 1.86 bits per heavy atom. The number of nitrogens with zero attached hydrogens (tertiary/aromatic N) is 3. The van der Waals surface area contributed by atoms with E-state index in [9.17, 15) is 9.18 Å². The monoisotopic (exact) mass is 490 g/mol. The van der Waals surface area contributed by atoms with E-state index in [0.717, 1.165) is 0 Å². The summed E-state index contributed by atoms with van der Waals surface area (Å²) in [6.07, 6.45) is 0. The molecule has 0 bridgehead atoms. The zero-order valence-electron chi connectivity index (χ0n) is 18.8. The number of hydrogen-bond acceptors (Lipinski definition) is 5. The molecule has 0 saturated carbocycles. The van der Waals surface area contributed by atoms with Crippen LogP contribution in [0, 0.1) is 5.82 Å². The number of hydrogen-bond donors (Lipinski definition) is 1. The second-order valence-corrected chi connectivity index (χ2v) is 8.34. The second-order valence-electron chi connectivity index (χ2n) is 7.90. The molecule has 3 aromatic carbocycles. The van der Waals surface area contributed by atoms with Crippen LogP contribution in [-0.4, -0.2) is 23.3 Å². The molecule has 4 aromatic rings. The first kappa shape index (κ1) is 22.6. The Morgan fingerprint density at radius 1 is 1.09 bits per heavy atom. The van der Waals surface area contributed by atoms with Gasteiger partial charge in [0.15, 0.2) is 0 Å². The Bertz CT molecular complexity index is 1430. The zero-order valence-corrected chi connectivity index (χ0v) is 19.6. The van der Waals surface area contributed by atoms with Gasteiger partial charge in [-0.05, 0) is 61.0 Å². The first-order valence-electron chi connectivity index (χ1n) is 10.8. The largest absolute Gasteiger partial charge is 0.497 e. The van der Waals surface area contributed by atoms with E-state index in [1.807, 2.05) is 6.07 Å². The van der Waals surface area contributed by atoms with Gasteiger partial charge in [-0.1, -0.05) is 41.0 Å². The number of halogens is 2. The predicted octanol–water partition coefficient (Wildman–Crippen LogP) is 6.24. The number of ether oxygens (including phenoxy) is 1. The molecule has 0 saturated heterocycles. The molecule has 35 heavy (non-hydrogen) atoms. The molecule has 1 aromatic heterocycles. The van der Waals surface area contributed by atoms with E-state index in [1.165, 1.54) is 17.0 Å². The lowest BCUT2D eigenvalue weighted by atomic mass is 9.94. The summed E-state index contributed by atoms with van der Waals surface area (Å²) in [4.78, 5) is 19.3. The first-order chi connectivity index (χ1) is 16.9. The van der Waals surface area contributed by atoms with E-state index in [0.29, 0.717) is 44.7 Å². The summed E-state index contributed by atoms with van der Waals surface area (Å²) < 4.78 is 25.0. The third-order valence-electron chi connectivity index (χ3n) is 5.74. The van der Waals surface area contributed by atoms with Crippen LogP contribution in [0.2, 0.25) is 5.02 Å². The lowest BCUT2D eigenvalue weighted by Gasteiger charge is -2.35. The van der Waals surface area contributed by atoms with Crippen molar-refractivity contribution in [3.05, 3.63) is 101 Å². The van der Waals surface area contributed by atoms with E-state index in [4.69, 9.17) is 20.9 Å². The van der Waals surface area contributed by atoms with Crippen LogP contribution in [-0.2, 0) is 0 Å². The van der Waals surface area contributed by atoms with Crippen molar-refractivity contribution in [1.29, 1.82) is 0 Å². The highest BCUT2D eigenvalue weighted by atomic mass is 35.5. The molecule has 1 N–H and O–H groups in total. The fourth-order valence-electron chi connectivity index (χ4n) is 4.08. The molecule has 1 unspecified atom stereocenters. The van der Waals surface area contributed by atoms with Crippen molar-refractivity contribution in [3.8, 4) is 17.1 Å². The molecule has 0 radical (unpaired) electrons. The highest BCUT2D eigenvalue weighted by molar-refractivity contribution is 6.30. The number of benzene rings is 3. The molecule has 176 valence electrons. The number of nitrogens with one attached hydrogen (secondary N) is 1. The Hall–Kier alpha value is -4.17. The smallest absolute Gasteiger partial charge is 0.326 e. The number of anilines is 1. The summed E-state index contributed by atoms with van der Waals surface area (Å²) in [5, 5.41) is 7.62. The van der Waals surface area contributed by atoms with Gasteiger partial charge in [0.05, 0.1) is 24.4 Å². The van der Waals surface area contributed by atoms with Gasteiger partial charge in [-0.15, -0.1) is 0 Å². The van der Waals surface area contributed by atoms with Crippen molar-refractivity contribution in [2.24, 2.45) is 0 Å². The number of urea groups is 1. The molecule has 5 rings (SSSR count). The molecule has 2 amide bonds. The Labute approximate surface area is 205 Å². The van der Waals surface area contributed by atoms with Gasteiger partial charge in [0.2, 0.25) is 5.82 Å². The standard InChI is InChI=1S/C26H20ClFN4O3/c1-15-22(25-30-24(31-35-25)17-6-3-7-18(27)13-17)23(16-5-4-8-19(28)14-16)29-26(33)32(15)20-9-11-21(34-2)12-10-20/h3-14,23H,1-2H3,(H,29,33). The van der Waals surface area contributed by atoms with Crippen molar-refractivity contribution in [3.63, 3.8) is 0 Å². The topological polar surface area (TPSA) is 80.5 Å². The molecule has 0 spiro atoms. The van der Waals surface area contributed by atoms with E-state index < -0.39 is 11.9 Å². The van der Waals surface area contributed by atoms with Gasteiger partial charge in [0, 0.05) is 16.3 Å². The van der Waals surface area contributed by atoms with Crippen molar-refractivity contribution >= 4 is 28.9 Å². The zero-order chi connectivity index (χ0) is 24.5. The summed E-state index contributed by atoms with van der Waals surface area (Å²) >= 11 is 6.12. The SMILES string of the molecule is COc1ccc(N2C(=O)NC(c3cccc(F)c3)C(c3nc(-c4cccc(Cl)c4)no3)=C2C)cc1. The number of methoxy groups -OCH3 is 1. The number of aromatic nitrogens is 2. The van der Waals surface area contributed by atoms with Crippen LogP contribution in [0.5, 0.6) is 5.75 Å². The van der Waals surface area contributed by atoms with Crippen LogP contribution in [0.3, 0.4) is 0 Å². The molecule has 2 heterocycles. The van der Waals surface area contributed by atoms with Crippen LogP contribution in [0.25, 0.3) is 17.0 Å². The van der Waals surface area contributed by atoms with Gasteiger partial charge in [-0.2, -0.15) is 4.98 Å². The maximum Gasteiger partial charge on any atom is 0.326 e. The van der Waals surface area contributed by atoms with Gasteiger partial charge in [0.25, 0.3) is 5.89 Å². The third-order valence-corrected chi connectivity index (χ3v) is 5.97. The van der Waals surface area contributed by atoms with Gasteiger partial charge >= 0.3 is 6.03 Å². The quantitative estimate of drug-likeness (QED) is 0.358. The number of amides is 2. The van der Waals surface area contributed by atoms with Gasteiger partial charge in [0.1, 0.15) is 11.6 Å². The van der Waals surface area contributed by atoms with Crippen molar-refractivity contribution in [1.82, 2.24) is 15.5 Å². The van der Waals surface area contributed by atoms with E-state index in [2.05, 4.69) is 15.5 Å². The highest BCUT2D eigenvalue weighted by Crippen LogP contribution is 2.39. The minimum Gasteiger partial charge on any atom is -0.497 e. The number of carbonyl (C=O) groups excluding carboxylic acids is 1. The lowest BCUT2D eigenvalue weighted by Crippen LogP contribution is -2.46. The molecule has 9 heteroatoms. The normalized spacial score (nSPS) is 15.8. The fourth-order valence-corrected chi connectivity index (χ4v) is 4.27. The maximum atomic E-state index is 14.1. The van der Waals surface area contributed by atoms with Crippen LogP contribution in [0.1, 0.15) is 24.4 Å².